The minimum Gasteiger partial charge on any atom is -0.496 e. The second-order valence-corrected chi connectivity index (χ2v) is 8.28. The topological polar surface area (TPSA) is 88.1 Å². The summed E-state index contributed by atoms with van der Waals surface area (Å²) in [6.45, 7) is 7.83. The monoisotopic (exact) mass is 569 g/mol. The number of hydrogen-bond donors (Lipinski definition) is 2. The maximum atomic E-state index is 12.7. The maximum absolute atomic E-state index is 12.7. The first-order valence-corrected chi connectivity index (χ1v) is 10.8. The fourth-order valence-corrected chi connectivity index (χ4v) is 3.00. The molecule has 0 aliphatic rings. The Labute approximate surface area is 214 Å². The summed E-state index contributed by atoms with van der Waals surface area (Å²) in [5, 5.41) is 6.58. The predicted octanol–water partition coefficient (Wildman–Crippen LogP) is 4.20. The van der Waals surface area contributed by atoms with Gasteiger partial charge in [0.1, 0.15) is 11.4 Å². The first-order chi connectivity index (χ1) is 15.3. The molecule has 2 N–H and O–H groups in total. The van der Waals surface area contributed by atoms with Crippen LogP contribution in [0.4, 0.5) is 4.79 Å². The van der Waals surface area contributed by atoms with E-state index in [2.05, 4.69) is 20.6 Å². The molecule has 0 fully saturated rings. The fourth-order valence-electron chi connectivity index (χ4n) is 3.00. The molecular weight excluding hydrogens is 533 g/mol. The third kappa shape index (κ3) is 10.7. The molecule has 1 amide bonds. The van der Waals surface area contributed by atoms with Crippen LogP contribution in [0.1, 0.15) is 38.3 Å². The summed E-state index contributed by atoms with van der Waals surface area (Å²) in [4.78, 5) is 22.8. The van der Waals surface area contributed by atoms with Crippen molar-refractivity contribution >= 4 is 36.0 Å². The number of carbonyl (C=O) groups is 1. The van der Waals surface area contributed by atoms with Crippen molar-refractivity contribution < 1.29 is 14.3 Å². The van der Waals surface area contributed by atoms with Crippen LogP contribution in [0.25, 0.3) is 0 Å². The van der Waals surface area contributed by atoms with Crippen LogP contribution >= 0.6 is 24.0 Å². The third-order valence-electron chi connectivity index (χ3n) is 4.51. The van der Waals surface area contributed by atoms with Crippen molar-refractivity contribution in [3.63, 3.8) is 0 Å². The molecule has 0 aliphatic heterocycles. The molecule has 0 bridgehead atoms. The van der Waals surface area contributed by atoms with E-state index < -0.39 is 5.60 Å². The highest BCUT2D eigenvalue weighted by Gasteiger charge is 2.22. The van der Waals surface area contributed by atoms with Gasteiger partial charge in [-0.2, -0.15) is 0 Å². The standard InChI is InChI=1S/C24H35N5O3.HI/c1-24(2,3)32-23(30)29(18-19-10-8-13-26-16-19)15-9-14-27-22(25-4)28-17-20-11-6-7-12-21(20)31-5;/h6-8,10-13,16H,9,14-15,17-18H2,1-5H3,(H2,25,27,28);1H. The fraction of sp³-hybridized carbons (Fsp3) is 0.458. The van der Waals surface area contributed by atoms with E-state index in [0.717, 1.165) is 23.3 Å². The van der Waals surface area contributed by atoms with Gasteiger partial charge in [-0.05, 0) is 44.9 Å². The van der Waals surface area contributed by atoms with Crippen LogP contribution in [-0.4, -0.2) is 54.8 Å². The van der Waals surface area contributed by atoms with Crippen LogP contribution in [0, 0.1) is 0 Å². The number of nitrogens with zero attached hydrogens (tertiary/aromatic N) is 3. The molecule has 0 atom stereocenters. The molecule has 9 heteroatoms. The number of para-hydroxylation sites is 1. The Kier molecular flexibility index (Phi) is 12.6. The number of aromatic nitrogens is 1. The highest BCUT2D eigenvalue weighted by molar-refractivity contribution is 14.0. The lowest BCUT2D eigenvalue weighted by Crippen LogP contribution is -2.40. The highest BCUT2D eigenvalue weighted by atomic mass is 127. The van der Waals surface area contributed by atoms with Crippen molar-refractivity contribution in [2.45, 2.75) is 45.9 Å². The van der Waals surface area contributed by atoms with E-state index in [1.54, 1.807) is 31.5 Å². The highest BCUT2D eigenvalue weighted by Crippen LogP contribution is 2.16. The molecule has 0 saturated heterocycles. The Morgan fingerprint density at radius 1 is 1.15 bits per heavy atom. The number of guanidine groups is 1. The number of pyridine rings is 1. The van der Waals surface area contributed by atoms with E-state index in [4.69, 9.17) is 9.47 Å². The number of nitrogens with one attached hydrogen (secondary N) is 2. The van der Waals surface area contributed by atoms with E-state index in [0.29, 0.717) is 32.1 Å². The Bertz CT molecular complexity index is 872. The Morgan fingerprint density at radius 2 is 1.91 bits per heavy atom. The van der Waals surface area contributed by atoms with Gasteiger partial charge < -0.3 is 25.0 Å². The summed E-state index contributed by atoms with van der Waals surface area (Å²) in [6.07, 6.45) is 3.88. The molecule has 8 nitrogen and oxygen atoms in total. The average Bonchev–Trinajstić information content (AvgIpc) is 2.77. The summed E-state index contributed by atoms with van der Waals surface area (Å²) < 4.78 is 11.0. The van der Waals surface area contributed by atoms with E-state index in [9.17, 15) is 4.79 Å². The molecule has 0 spiro atoms. The number of rotatable bonds is 9. The quantitative estimate of drug-likeness (QED) is 0.204. The zero-order valence-electron chi connectivity index (χ0n) is 20.1. The lowest BCUT2D eigenvalue weighted by Gasteiger charge is -2.27. The Hall–Kier alpha value is -2.56. The van der Waals surface area contributed by atoms with Gasteiger partial charge in [0.05, 0.1) is 13.7 Å². The van der Waals surface area contributed by atoms with Gasteiger partial charge in [0.25, 0.3) is 0 Å². The van der Waals surface area contributed by atoms with Crippen LogP contribution in [0.3, 0.4) is 0 Å². The van der Waals surface area contributed by atoms with Gasteiger partial charge >= 0.3 is 6.09 Å². The Morgan fingerprint density at radius 3 is 2.55 bits per heavy atom. The van der Waals surface area contributed by atoms with Gasteiger partial charge in [-0.15, -0.1) is 24.0 Å². The van der Waals surface area contributed by atoms with Gasteiger partial charge in [0, 0.05) is 44.6 Å². The smallest absolute Gasteiger partial charge is 0.410 e. The van der Waals surface area contributed by atoms with E-state index >= 15 is 0 Å². The number of methoxy groups -OCH3 is 1. The molecule has 33 heavy (non-hydrogen) atoms. The third-order valence-corrected chi connectivity index (χ3v) is 4.51. The minimum atomic E-state index is -0.549. The molecule has 1 aromatic carbocycles. The summed E-state index contributed by atoms with van der Waals surface area (Å²) >= 11 is 0. The molecule has 1 aromatic heterocycles. The molecule has 0 saturated carbocycles. The molecule has 182 valence electrons. The second kappa shape index (κ2) is 14.6. The summed E-state index contributed by atoms with van der Waals surface area (Å²) in [7, 11) is 3.39. The van der Waals surface area contributed by atoms with Gasteiger partial charge in [-0.3, -0.25) is 9.98 Å². The van der Waals surface area contributed by atoms with Crippen LogP contribution in [0.5, 0.6) is 5.75 Å². The SMILES string of the molecule is CN=C(NCCCN(Cc1cccnc1)C(=O)OC(C)(C)C)NCc1ccccc1OC.I. The average molecular weight is 569 g/mol. The number of aliphatic imine (C=N–C) groups is 1. The van der Waals surface area contributed by atoms with Crippen molar-refractivity contribution in [2.24, 2.45) is 4.99 Å². The number of carbonyl (C=O) groups excluding carboxylic acids is 1. The van der Waals surface area contributed by atoms with E-state index in [1.165, 1.54) is 0 Å². The van der Waals surface area contributed by atoms with Crippen molar-refractivity contribution in [3.05, 3.63) is 59.9 Å². The van der Waals surface area contributed by atoms with Crippen LogP contribution in [-0.2, 0) is 17.8 Å². The zero-order chi connectivity index (χ0) is 23.4. The van der Waals surface area contributed by atoms with Crippen LogP contribution in [0.15, 0.2) is 53.8 Å². The van der Waals surface area contributed by atoms with Gasteiger partial charge in [0.15, 0.2) is 5.96 Å². The lowest BCUT2D eigenvalue weighted by atomic mass is 10.2. The molecule has 0 unspecified atom stereocenters. The lowest BCUT2D eigenvalue weighted by molar-refractivity contribution is 0.0232. The molecule has 2 aromatic rings. The summed E-state index contributed by atoms with van der Waals surface area (Å²) in [5.41, 5.74) is 1.46. The van der Waals surface area contributed by atoms with Crippen LogP contribution in [0.2, 0.25) is 0 Å². The zero-order valence-corrected chi connectivity index (χ0v) is 22.5. The first kappa shape index (κ1) is 28.5. The summed E-state index contributed by atoms with van der Waals surface area (Å²) in [5.74, 6) is 1.52. The Balaban J connectivity index is 0.00000544. The number of benzene rings is 1. The second-order valence-electron chi connectivity index (χ2n) is 8.28. The van der Waals surface area contributed by atoms with Gasteiger partial charge in [0.2, 0.25) is 0 Å². The molecule has 0 radical (unpaired) electrons. The maximum Gasteiger partial charge on any atom is 0.410 e. The molecule has 0 aliphatic carbocycles. The largest absolute Gasteiger partial charge is 0.496 e. The molecular formula is C24H36IN5O3. The number of amides is 1. The molecule has 2 rings (SSSR count). The molecule has 1 heterocycles. The van der Waals surface area contributed by atoms with Crippen molar-refractivity contribution in [2.75, 3.05) is 27.2 Å². The summed E-state index contributed by atoms with van der Waals surface area (Å²) in [6, 6.07) is 11.7. The predicted molar refractivity (Wildman–Crippen MR) is 142 cm³/mol. The van der Waals surface area contributed by atoms with E-state index in [-0.39, 0.29) is 30.1 Å². The van der Waals surface area contributed by atoms with Crippen molar-refractivity contribution in [1.29, 1.82) is 0 Å². The minimum absolute atomic E-state index is 0. The van der Waals surface area contributed by atoms with E-state index in [1.807, 2.05) is 57.2 Å². The number of halogens is 1. The van der Waals surface area contributed by atoms with Crippen LogP contribution < -0.4 is 15.4 Å². The number of hydrogen-bond acceptors (Lipinski definition) is 5. The normalized spacial score (nSPS) is 11.2. The number of ether oxygens (including phenoxy) is 2. The van der Waals surface area contributed by atoms with Crippen molar-refractivity contribution in [3.8, 4) is 5.75 Å². The van der Waals surface area contributed by atoms with Gasteiger partial charge in [-0.25, -0.2) is 4.79 Å². The van der Waals surface area contributed by atoms with Gasteiger partial charge in [-0.1, -0.05) is 24.3 Å². The van der Waals surface area contributed by atoms with Crippen molar-refractivity contribution in [1.82, 2.24) is 20.5 Å². The first-order valence-electron chi connectivity index (χ1n) is 10.8.